The lowest BCUT2D eigenvalue weighted by Crippen LogP contribution is -1.94. The second-order valence-electron chi connectivity index (χ2n) is 4.85. The fourth-order valence-corrected chi connectivity index (χ4v) is 2.16. The molecule has 0 spiro atoms. The molecule has 0 unspecified atom stereocenters. The molecule has 0 saturated carbocycles. The number of carbonyl (C=O) groups excluding carboxylic acids is 1. The van der Waals surface area contributed by atoms with Crippen LogP contribution < -0.4 is 4.74 Å². The third kappa shape index (κ3) is 3.89. The Morgan fingerprint density at radius 1 is 1.27 bits per heavy atom. The predicted octanol–water partition coefficient (Wildman–Crippen LogP) is 4.65. The summed E-state index contributed by atoms with van der Waals surface area (Å²) in [6, 6.07) is 10.6. The monoisotopic (exact) mass is 316 g/mol. The van der Waals surface area contributed by atoms with Crippen molar-refractivity contribution >= 4 is 23.5 Å². The number of ether oxygens (including phenoxy) is 1. The van der Waals surface area contributed by atoms with E-state index in [1.165, 1.54) is 6.08 Å². The minimum Gasteiger partial charge on any atom is -0.503 e. The van der Waals surface area contributed by atoms with Crippen LogP contribution in [0.25, 0.3) is 6.08 Å². The molecule has 0 atom stereocenters. The molecule has 2 aromatic carbocycles. The summed E-state index contributed by atoms with van der Waals surface area (Å²) in [5.41, 5.74) is 2.41. The van der Waals surface area contributed by atoms with E-state index in [2.05, 4.69) is 0 Å². The van der Waals surface area contributed by atoms with Crippen LogP contribution in [0.4, 0.5) is 0 Å². The number of aryl methyl sites for hydroxylation is 1. The third-order valence-corrected chi connectivity index (χ3v) is 3.40. The van der Waals surface area contributed by atoms with E-state index >= 15 is 0 Å². The molecule has 0 amide bonds. The molecular weight excluding hydrogens is 300 g/mol. The maximum atomic E-state index is 12.1. The zero-order chi connectivity index (χ0) is 16.1. The number of phenolic OH excluding ortho intramolecular Hbond substituents is 1. The van der Waals surface area contributed by atoms with Crippen molar-refractivity contribution in [3.63, 3.8) is 0 Å². The van der Waals surface area contributed by atoms with E-state index in [-0.39, 0.29) is 16.6 Å². The quantitative estimate of drug-likeness (QED) is 0.645. The topological polar surface area (TPSA) is 46.5 Å². The highest BCUT2D eigenvalue weighted by molar-refractivity contribution is 6.32. The zero-order valence-corrected chi connectivity index (χ0v) is 13.2. The van der Waals surface area contributed by atoms with Crippen LogP contribution in [0, 0.1) is 6.92 Å². The van der Waals surface area contributed by atoms with Gasteiger partial charge >= 0.3 is 0 Å². The number of hydrogen-bond donors (Lipinski definition) is 1. The maximum absolute atomic E-state index is 12.1. The van der Waals surface area contributed by atoms with Crippen molar-refractivity contribution in [1.29, 1.82) is 0 Å². The van der Waals surface area contributed by atoms with Gasteiger partial charge in [-0.25, -0.2) is 0 Å². The van der Waals surface area contributed by atoms with Gasteiger partial charge in [0.2, 0.25) is 0 Å². The Kier molecular flexibility index (Phi) is 5.23. The van der Waals surface area contributed by atoms with Gasteiger partial charge in [0.25, 0.3) is 0 Å². The lowest BCUT2D eigenvalue weighted by Gasteiger charge is -2.08. The standard InChI is InChI=1S/C18H17ClO3/c1-3-22-17-11-13(10-15(19)18(17)21)6-9-16(20)14-7-4-12(2)5-8-14/h4-11,21H,3H2,1-2H3. The number of halogens is 1. The van der Waals surface area contributed by atoms with E-state index in [1.54, 1.807) is 30.3 Å². The van der Waals surface area contributed by atoms with Crippen molar-refractivity contribution < 1.29 is 14.6 Å². The number of allylic oxidation sites excluding steroid dienone is 1. The van der Waals surface area contributed by atoms with Crippen molar-refractivity contribution in [3.05, 3.63) is 64.2 Å². The van der Waals surface area contributed by atoms with E-state index < -0.39 is 0 Å². The Balaban J connectivity index is 2.22. The van der Waals surface area contributed by atoms with Gasteiger partial charge in [-0.15, -0.1) is 0 Å². The normalized spacial score (nSPS) is 10.9. The van der Waals surface area contributed by atoms with Crippen LogP contribution in [0.5, 0.6) is 11.5 Å². The Hall–Kier alpha value is -2.26. The molecule has 1 N–H and O–H groups in total. The van der Waals surface area contributed by atoms with Crippen molar-refractivity contribution in [2.75, 3.05) is 6.61 Å². The fraction of sp³-hybridized carbons (Fsp3) is 0.167. The second-order valence-corrected chi connectivity index (χ2v) is 5.25. The Bertz CT molecular complexity index is 703. The van der Waals surface area contributed by atoms with Gasteiger partial charge < -0.3 is 9.84 Å². The Morgan fingerprint density at radius 3 is 2.59 bits per heavy atom. The second kappa shape index (κ2) is 7.14. The largest absolute Gasteiger partial charge is 0.503 e. The maximum Gasteiger partial charge on any atom is 0.185 e. The van der Waals surface area contributed by atoms with Gasteiger partial charge in [-0.1, -0.05) is 47.5 Å². The average Bonchev–Trinajstić information content (AvgIpc) is 2.50. The molecule has 22 heavy (non-hydrogen) atoms. The molecule has 0 aliphatic heterocycles. The first-order chi connectivity index (χ1) is 10.5. The minimum atomic E-state index is -0.0952. The van der Waals surface area contributed by atoms with E-state index in [0.717, 1.165) is 5.56 Å². The highest BCUT2D eigenvalue weighted by Crippen LogP contribution is 2.35. The van der Waals surface area contributed by atoms with Gasteiger partial charge in [0, 0.05) is 5.56 Å². The lowest BCUT2D eigenvalue weighted by molar-refractivity contribution is 0.104. The number of aromatic hydroxyl groups is 1. The van der Waals surface area contributed by atoms with Crippen molar-refractivity contribution in [2.45, 2.75) is 13.8 Å². The van der Waals surface area contributed by atoms with E-state index in [0.29, 0.717) is 23.5 Å². The molecule has 0 saturated heterocycles. The molecule has 3 nitrogen and oxygen atoms in total. The number of rotatable bonds is 5. The summed E-state index contributed by atoms with van der Waals surface area (Å²) in [6.45, 7) is 4.20. The van der Waals surface area contributed by atoms with Gasteiger partial charge in [0.05, 0.1) is 11.6 Å². The first-order valence-corrected chi connectivity index (χ1v) is 7.33. The highest BCUT2D eigenvalue weighted by atomic mass is 35.5. The summed E-state index contributed by atoms with van der Waals surface area (Å²) in [4.78, 5) is 12.1. The summed E-state index contributed by atoms with van der Waals surface area (Å²) in [6.07, 6.45) is 3.12. The summed E-state index contributed by atoms with van der Waals surface area (Å²) < 4.78 is 5.31. The first kappa shape index (κ1) is 16.1. The van der Waals surface area contributed by atoms with Crippen LogP contribution >= 0.6 is 11.6 Å². The van der Waals surface area contributed by atoms with Crippen molar-refractivity contribution in [2.24, 2.45) is 0 Å². The van der Waals surface area contributed by atoms with Crippen molar-refractivity contribution in [1.82, 2.24) is 0 Å². The van der Waals surface area contributed by atoms with Gasteiger partial charge in [-0.05, 0) is 37.6 Å². The molecule has 0 heterocycles. The lowest BCUT2D eigenvalue weighted by atomic mass is 10.1. The van der Waals surface area contributed by atoms with Crippen LogP contribution in [0.15, 0.2) is 42.5 Å². The summed E-state index contributed by atoms with van der Waals surface area (Å²) in [5, 5.41) is 9.97. The smallest absolute Gasteiger partial charge is 0.185 e. The third-order valence-electron chi connectivity index (χ3n) is 3.11. The number of carbonyl (C=O) groups is 1. The number of phenols is 1. The van der Waals surface area contributed by atoms with E-state index in [4.69, 9.17) is 16.3 Å². The van der Waals surface area contributed by atoms with Crippen LogP contribution in [-0.4, -0.2) is 17.5 Å². The first-order valence-electron chi connectivity index (χ1n) is 6.95. The molecule has 2 aromatic rings. The molecule has 0 radical (unpaired) electrons. The number of ketones is 1. The van der Waals surface area contributed by atoms with Crippen LogP contribution in [0.2, 0.25) is 5.02 Å². The molecule has 0 aromatic heterocycles. The van der Waals surface area contributed by atoms with Crippen molar-refractivity contribution in [3.8, 4) is 11.5 Å². The van der Waals surface area contributed by atoms with Crippen LogP contribution in [0.3, 0.4) is 0 Å². The molecule has 0 aliphatic carbocycles. The highest BCUT2D eigenvalue weighted by Gasteiger charge is 2.08. The number of benzene rings is 2. The number of hydrogen-bond acceptors (Lipinski definition) is 3. The molecule has 0 aliphatic rings. The molecule has 0 bridgehead atoms. The summed E-state index contributed by atoms with van der Waals surface area (Å²) in [7, 11) is 0. The van der Waals surface area contributed by atoms with Gasteiger partial charge in [0.15, 0.2) is 17.3 Å². The molecule has 2 rings (SSSR count). The molecule has 0 fully saturated rings. The predicted molar refractivity (Wildman–Crippen MR) is 88.8 cm³/mol. The summed E-state index contributed by atoms with van der Waals surface area (Å²) >= 11 is 5.96. The Labute approximate surface area is 134 Å². The van der Waals surface area contributed by atoms with Gasteiger partial charge in [0.1, 0.15) is 0 Å². The molecule has 114 valence electrons. The average molecular weight is 317 g/mol. The van der Waals surface area contributed by atoms with Gasteiger partial charge in [-0.3, -0.25) is 4.79 Å². The SMILES string of the molecule is CCOc1cc(C=CC(=O)c2ccc(C)cc2)cc(Cl)c1O. The van der Waals surface area contributed by atoms with Gasteiger partial charge in [-0.2, -0.15) is 0 Å². The zero-order valence-electron chi connectivity index (χ0n) is 12.5. The molecule has 4 heteroatoms. The van der Waals surface area contributed by atoms with Crippen LogP contribution in [-0.2, 0) is 0 Å². The minimum absolute atomic E-state index is 0.0921. The molecular formula is C18H17ClO3. The Morgan fingerprint density at radius 2 is 1.95 bits per heavy atom. The fourth-order valence-electron chi connectivity index (χ4n) is 1.94. The summed E-state index contributed by atoms with van der Waals surface area (Å²) in [5.74, 6) is 0.116. The van der Waals surface area contributed by atoms with E-state index in [9.17, 15) is 9.90 Å². The van der Waals surface area contributed by atoms with Crippen LogP contribution in [0.1, 0.15) is 28.4 Å². The van der Waals surface area contributed by atoms with E-state index in [1.807, 2.05) is 26.0 Å².